The first kappa shape index (κ1) is 15.4. The van der Waals surface area contributed by atoms with Gasteiger partial charge in [-0.15, -0.1) is 0 Å². The second-order valence-electron chi connectivity index (χ2n) is 5.59. The summed E-state index contributed by atoms with van der Waals surface area (Å²) < 4.78 is 15.7. The number of hydrogen-bond acceptors (Lipinski definition) is 4. The third-order valence-electron chi connectivity index (χ3n) is 4.42. The predicted octanol–water partition coefficient (Wildman–Crippen LogP) is 3.11. The molecule has 0 atom stereocenters. The number of carbonyl (C=O) groups excluding carboxylic acids is 1. The van der Waals surface area contributed by atoms with E-state index in [0.717, 1.165) is 46.6 Å². The van der Waals surface area contributed by atoms with Crippen molar-refractivity contribution in [3.63, 3.8) is 0 Å². The van der Waals surface area contributed by atoms with Gasteiger partial charge in [0.2, 0.25) is 0 Å². The Kier molecular flexibility index (Phi) is 4.24. The Labute approximate surface area is 136 Å². The van der Waals surface area contributed by atoms with Crippen LogP contribution >= 0.6 is 0 Å². The van der Waals surface area contributed by atoms with Crippen molar-refractivity contribution in [2.75, 3.05) is 21.3 Å². The van der Waals surface area contributed by atoms with Crippen LogP contribution in [0.4, 0.5) is 0 Å². The third kappa shape index (κ3) is 2.77. The summed E-state index contributed by atoms with van der Waals surface area (Å²) in [6, 6.07) is 11.7. The van der Waals surface area contributed by atoms with Gasteiger partial charge in [-0.25, -0.2) is 0 Å². The molecule has 0 aromatic heterocycles. The molecule has 0 fully saturated rings. The third-order valence-corrected chi connectivity index (χ3v) is 4.42. The molecule has 0 amide bonds. The summed E-state index contributed by atoms with van der Waals surface area (Å²) in [5.41, 5.74) is 4.22. The van der Waals surface area contributed by atoms with E-state index in [0.29, 0.717) is 0 Å². The van der Waals surface area contributed by atoms with Crippen molar-refractivity contribution in [3.05, 3.63) is 58.7 Å². The fourth-order valence-electron chi connectivity index (χ4n) is 3.22. The molecular formula is C19H20O4. The van der Waals surface area contributed by atoms with Gasteiger partial charge in [0.1, 0.15) is 17.4 Å². The fraction of sp³-hybridized carbons (Fsp3) is 0.316. The minimum atomic E-state index is -0.413. The number of ether oxygens (including phenoxy) is 3. The number of fused-ring (bicyclic) bond motifs is 2. The Balaban J connectivity index is 2.17. The van der Waals surface area contributed by atoms with Crippen LogP contribution in [0.1, 0.15) is 28.2 Å². The van der Waals surface area contributed by atoms with Gasteiger partial charge in [0.15, 0.2) is 0 Å². The van der Waals surface area contributed by atoms with Gasteiger partial charge >= 0.3 is 5.97 Å². The molecule has 0 radical (unpaired) electrons. The van der Waals surface area contributed by atoms with Crippen molar-refractivity contribution >= 4 is 5.97 Å². The lowest BCUT2D eigenvalue weighted by atomic mass is 9.88. The molecule has 23 heavy (non-hydrogen) atoms. The zero-order valence-corrected chi connectivity index (χ0v) is 13.6. The molecule has 120 valence electrons. The van der Waals surface area contributed by atoms with E-state index in [-0.39, 0.29) is 5.97 Å². The van der Waals surface area contributed by atoms with Crippen LogP contribution in [0.2, 0.25) is 0 Å². The Hall–Kier alpha value is -2.49. The molecule has 0 saturated heterocycles. The number of esters is 1. The highest BCUT2D eigenvalue weighted by molar-refractivity contribution is 5.83. The number of carbonyl (C=O) groups is 1. The molecule has 0 N–H and O–H groups in total. The summed E-state index contributed by atoms with van der Waals surface area (Å²) >= 11 is 0. The van der Waals surface area contributed by atoms with Crippen LogP contribution in [0, 0.1) is 0 Å². The first-order chi connectivity index (χ1) is 11.2. The monoisotopic (exact) mass is 312 g/mol. The summed E-state index contributed by atoms with van der Waals surface area (Å²) in [4.78, 5) is 12.5. The predicted molar refractivity (Wildman–Crippen MR) is 87.3 cm³/mol. The maximum absolute atomic E-state index is 12.5. The first-order valence-corrected chi connectivity index (χ1v) is 7.59. The van der Waals surface area contributed by atoms with Crippen LogP contribution < -0.4 is 9.47 Å². The lowest BCUT2D eigenvalue weighted by Crippen LogP contribution is -2.17. The zero-order valence-electron chi connectivity index (χ0n) is 13.6. The largest absolute Gasteiger partial charge is 0.497 e. The van der Waals surface area contributed by atoms with Crippen LogP contribution in [-0.4, -0.2) is 27.3 Å². The van der Waals surface area contributed by atoms with Crippen molar-refractivity contribution in [1.82, 2.24) is 0 Å². The lowest BCUT2D eigenvalue weighted by molar-refractivity contribution is -0.141. The molecule has 3 rings (SSSR count). The minimum Gasteiger partial charge on any atom is -0.497 e. The van der Waals surface area contributed by atoms with Crippen molar-refractivity contribution in [2.24, 2.45) is 0 Å². The van der Waals surface area contributed by atoms with E-state index in [1.54, 1.807) is 14.2 Å². The summed E-state index contributed by atoms with van der Waals surface area (Å²) in [7, 11) is 4.73. The molecule has 0 saturated carbocycles. The van der Waals surface area contributed by atoms with Gasteiger partial charge in [-0.05, 0) is 59.4 Å². The smallest absolute Gasteiger partial charge is 0.317 e. The molecule has 0 unspecified atom stereocenters. The van der Waals surface area contributed by atoms with Gasteiger partial charge in [0.25, 0.3) is 0 Å². The summed E-state index contributed by atoms with van der Waals surface area (Å²) in [6.45, 7) is 0. The normalized spacial score (nSPS) is 13.5. The molecule has 4 nitrogen and oxygen atoms in total. The molecule has 0 heterocycles. The van der Waals surface area contributed by atoms with Gasteiger partial charge < -0.3 is 14.2 Å². The number of rotatable bonds is 3. The number of aryl methyl sites for hydroxylation is 2. The van der Waals surface area contributed by atoms with Gasteiger partial charge in [0.05, 0.1) is 21.3 Å². The Morgan fingerprint density at radius 1 is 0.870 bits per heavy atom. The highest BCUT2D eigenvalue weighted by Gasteiger charge is 2.30. The van der Waals surface area contributed by atoms with Gasteiger partial charge in [0, 0.05) is 0 Å². The van der Waals surface area contributed by atoms with Crippen molar-refractivity contribution in [2.45, 2.75) is 18.8 Å². The average molecular weight is 312 g/mol. The molecule has 0 aliphatic heterocycles. The average Bonchev–Trinajstić information content (AvgIpc) is 2.76. The van der Waals surface area contributed by atoms with Gasteiger partial charge in [-0.2, -0.15) is 0 Å². The van der Waals surface area contributed by atoms with Crippen LogP contribution in [0.25, 0.3) is 0 Å². The van der Waals surface area contributed by atoms with E-state index in [2.05, 4.69) is 0 Å². The van der Waals surface area contributed by atoms with Crippen LogP contribution in [0.3, 0.4) is 0 Å². The van der Waals surface area contributed by atoms with Gasteiger partial charge in [-0.3, -0.25) is 4.79 Å². The summed E-state index contributed by atoms with van der Waals surface area (Å²) in [6.07, 6.45) is 1.69. The Bertz CT molecular complexity index is 681. The fourth-order valence-corrected chi connectivity index (χ4v) is 3.22. The number of hydrogen-bond donors (Lipinski definition) is 0. The highest BCUT2D eigenvalue weighted by Crippen LogP contribution is 2.37. The molecule has 4 heteroatoms. The van der Waals surface area contributed by atoms with E-state index in [4.69, 9.17) is 14.2 Å². The van der Waals surface area contributed by atoms with Crippen LogP contribution in [0.5, 0.6) is 11.5 Å². The number of methoxy groups -OCH3 is 3. The second-order valence-corrected chi connectivity index (χ2v) is 5.59. The Morgan fingerprint density at radius 3 is 1.74 bits per heavy atom. The van der Waals surface area contributed by atoms with E-state index < -0.39 is 5.92 Å². The summed E-state index contributed by atoms with van der Waals surface area (Å²) in [5, 5.41) is 0. The molecule has 1 aliphatic rings. The molecule has 0 spiro atoms. The maximum Gasteiger partial charge on any atom is 0.317 e. The van der Waals surface area contributed by atoms with Crippen molar-refractivity contribution in [3.8, 4) is 11.5 Å². The molecule has 2 aromatic rings. The molecule has 0 bridgehead atoms. The van der Waals surface area contributed by atoms with Crippen LogP contribution in [0.15, 0.2) is 36.4 Å². The standard InChI is InChI=1S/C19H20O4/c1-21-14-6-8-16-12(10-14)4-5-13-11-15(22-2)7-9-17(13)18(16)19(20)23-3/h6-11,18H,4-5H2,1-3H3. The lowest BCUT2D eigenvalue weighted by Gasteiger charge is -2.19. The van der Waals surface area contributed by atoms with Crippen molar-refractivity contribution in [1.29, 1.82) is 0 Å². The van der Waals surface area contributed by atoms with E-state index >= 15 is 0 Å². The zero-order chi connectivity index (χ0) is 16.4. The van der Waals surface area contributed by atoms with E-state index in [9.17, 15) is 4.79 Å². The molecular weight excluding hydrogens is 292 g/mol. The SMILES string of the molecule is COC(=O)C1c2ccc(OC)cc2CCc2cc(OC)ccc21. The van der Waals surface area contributed by atoms with E-state index in [1.165, 1.54) is 7.11 Å². The minimum absolute atomic E-state index is 0.246. The Morgan fingerprint density at radius 2 is 1.35 bits per heavy atom. The maximum atomic E-state index is 12.5. The molecule has 1 aliphatic carbocycles. The topological polar surface area (TPSA) is 44.8 Å². The number of benzene rings is 2. The molecule has 2 aromatic carbocycles. The highest BCUT2D eigenvalue weighted by atomic mass is 16.5. The van der Waals surface area contributed by atoms with Crippen molar-refractivity contribution < 1.29 is 19.0 Å². The van der Waals surface area contributed by atoms with Gasteiger partial charge in [-0.1, -0.05) is 12.1 Å². The second kappa shape index (κ2) is 6.32. The van der Waals surface area contributed by atoms with Crippen LogP contribution in [-0.2, 0) is 22.4 Å². The quantitative estimate of drug-likeness (QED) is 0.817. The summed E-state index contributed by atoms with van der Waals surface area (Å²) in [5.74, 6) is 0.945. The first-order valence-electron chi connectivity index (χ1n) is 7.59. The van der Waals surface area contributed by atoms with E-state index in [1.807, 2.05) is 36.4 Å².